The van der Waals surface area contributed by atoms with Crippen molar-refractivity contribution in [3.63, 3.8) is 0 Å². The number of nitrogens with zero attached hydrogens (tertiary/aromatic N) is 2. The van der Waals surface area contributed by atoms with E-state index < -0.39 is 10.0 Å². The lowest BCUT2D eigenvalue weighted by Gasteiger charge is -2.09. The molecule has 2 aromatic rings. The van der Waals surface area contributed by atoms with Gasteiger partial charge in [0.25, 0.3) is 10.0 Å². The lowest BCUT2D eigenvalue weighted by atomic mass is 10.2. The molecule has 1 aromatic heterocycles. The Morgan fingerprint density at radius 3 is 2.70 bits per heavy atom. The van der Waals surface area contributed by atoms with E-state index in [0.717, 1.165) is 24.1 Å². The molecule has 0 atom stereocenters. The van der Waals surface area contributed by atoms with Crippen molar-refractivity contribution in [2.45, 2.75) is 38.6 Å². The number of hydrogen-bond donors (Lipinski definition) is 1. The van der Waals surface area contributed by atoms with Crippen molar-refractivity contribution in [3.05, 3.63) is 41.6 Å². The Labute approximate surface area is 119 Å². The van der Waals surface area contributed by atoms with E-state index in [1.54, 1.807) is 36.0 Å². The number of aromatic nitrogens is 2. The molecule has 0 aliphatic heterocycles. The van der Waals surface area contributed by atoms with Crippen LogP contribution in [0.15, 0.2) is 35.4 Å². The van der Waals surface area contributed by atoms with Gasteiger partial charge < -0.3 is 0 Å². The van der Waals surface area contributed by atoms with E-state index >= 15 is 0 Å². The first-order valence-electron chi connectivity index (χ1n) is 6.56. The van der Waals surface area contributed by atoms with Gasteiger partial charge in [0.05, 0.1) is 4.90 Å². The van der Waals surface area contributed by atoms with Crippen LogP contribution < -0.4 is 4.72 Å². The second-order valence-corrected chi connectivity index (χ2v) is 6.49. The summed E-state index contributed by atoms with van der Waals surface area (Å²) < 4.78 is 29.0. The minimum absolute atomic E-state index is 0.294. The molecule has 2 rings (SSSR count). The zero-order chi connectivity index (χ0) is 14.8. The lowest BCUT2D eigenvalue weighted by molar-refractivity contribution is 0.596. The predicted octanol–water partition coefficient (Wildman–Crippen LogP) is 2.71. The molecule has 0 aliphatic rings. The first kappa shape index (κ1) is 14.6. The third-order valence-electron chi connectivity index (χ3n) is 2.97. The minimum Gasteiger partial charge on any atom is -0.271 e. The summed E-state index contributed by atoms with van der Waals surface area (Å²) in [6, 6.07) is 7.03. The minimum atomic E-state index is -3.59. The second-order valence-electron chi connectivity index (χ2n) is 4.84. The van der Waals surface area contributed by atoms with Gasteiger partial charge in [-0.2, -0.15) is 5.10 Å². The normalized spacial score (nSPS) is 11.6. The summed E-state index contributed by atoms with van der Waals surface area (Å²) in [5.41, 5.74) is 1.63. The Kier molecular flexibility index (Phi) is 4.13. The number of anilines is 1. The third kappa shape index (κ3) is 3.19. The first-order valence-corrected chi connectivity index (χ1v) is 8.04. The number of nitrogens with one attached hydrogen (secondary N) is 1. The molecule has 6 heteroatoms. The third-order valence-corrected chi connectivity index (χ3v) is 4.46. The molecule has 0 spiro atoms. The molecule has 0 saturated carbocycles. The molecule has 0 fully saturated rings. The topological polar surface area (TPSA) is 64.0 Å². The Bertz CT molecular complexity index is 705. The van der Waals surface area contributed by atoms with Crippen LogP contribution in [0.4, 0.5) is 5.82 Å². The monoisotopic (exact) mass is 293 g/mol. The highest BCUT2D eigenvalue weighted by molar-refractivity contribution is 7.92. The highest BCUT2D eigenvalue weighted by Gasteiger charge is 2.18. The number of sulfonamides is 1. The van der Waals surface area contributed by atoms with Gasteiger partial charge in [-0.3, -0.25) is 9.40 Å². The molecule has 0 bridgehead atoms. The summed E-state index contributed by atoms with van der Waals surface area (Å²) in [6.45, 7) is 6.46. The summed E-state index contributed by atoms with van der Waals surface area (Å²) in [6.07, 6.45) is 2.72. The van der Waals surface area contributed by atoms with Crippen molar-refractivity contribution in [2.75, 3.05) is 4.72 Å². The van der Waals surface area contributed by atoms with Gasteiger partial charge in [0.15, 0.2) is 5.82 Å². The average Bonchev–Trinajstić information content (AvgIpc) is 2.79. The van der Waals surface area contributed by atoms with Crippen LogP contribution >= 0.6 is 0 Å². The SMILES string of the molecule is CCCn1ccc(NS(=O)(=O)c2cc(C)ccc2C)n1. The van der Waals surface area contributed by atoms with E-state index in [9.17, 15) is 8.42 Å². The quantitative estimate of drug-likeness (QED) is 0.922. The zero-order valence-corrected chi connectivity index (χ0v) is 12.7. The second kappa shape index (κ2) is 5.66. The Morgan fingerprint density at radius 2 is 2.00 bits per heavy atom. The van der Waals surface area contributed by atoms with E-state index in [-0.39, 0.29) is 0 Å². The van der Waals surface area contributed by atoms with Gasteiger partial charge in [-0.1, -0.05) is 19.1 Å². The highest BCUT2D eigenvalue weighted by Crippen LogP contribution is 2.19. The van der Waals surface area contributed by atoms with Crippen molar-refractivity contribution >= 4 is 15.8 Å². The van der Waals surface area contributed by atoms with Gasteiger partial charge in [-0.05, 0) is 37.5 Å². The standard InChI is InChI=1S/C14H19N3O2S/c1-4-8-17-9-7-14(15-17)16-20(18,19)13-10-11(2)5-6-12(13)3/h5-7,9-10H,4,8H2,1-3H3,(H,15,16). The fourth-order valence-electron chi connectivity index (χ4n) is 1.96. The molecular formula is C14H19N3O2S. The van der Waals surface area contributed by atoms with E-state index in [0.29, 0.717) is 10.7 Å². The maximum atomic E-state index is 12.4. The average molecular weight is 293 g/mol. The van der Waals surface area contributed by atoms with Crippen LogP contribution in [-0.2, 0) is 16.6 Å². The van der Waals surface area contributed by atoms with Gasteiger partial charge >= 0.3 is 0 Å². The lowest BCUT2D eigenvalue weighted by Crippen LogP contribution is -2.15. The van der Waals surface area contributed by atoms with Gasteiger partial charge in [-0.25, -0.2) is 8.42 Å². The Hall–Kier alpha value is -1.82. The molecule has 5 nitrogen and oxygen atoms in total. The van der Waals surface area contributed by atoms with E-state index in [4.69, 9.17) is 0 Å². The molecule has 0 radical (unpaired) electrons. The van der Waals surface area contributed by atoms with Crippen LogP contribution in [0, 0.1) is 13.8 Å². The van der Waals surface area contributed by atoms with Crippen molar-refractivity contribution in [3.8, 4) is 0 Å². The van der Waals surface area contributed by atoms with Crippen LogP contribution in [0.2, 0.25) is 0 Å². The summed E-state index contributed by atoms with van der Waals surface area (Å²) in [5, 5.41) is 4.19. The molecule has 0 unspecified atom stereocenters. The largest absolute Gasteiger partial charge is 0.271 e. The van der Waals surface area contributed by atoms with Gasteiger partial charge in [0, 0.05) is 18.8 Å². The van der Waals surface area contributed by atoms with Gasteiger partial charge in [0.1, 0.15) is 0 Å². The van der Waals surface area contributed by atoms with E-state index in [2.05, 4.69) is 9.82 Å². The highest BCUT2D eigenvalue weighted by atomic mass is 32.2. The van der Waals surface area contributed by atoms with Gasteiger partial charge in [0.2, 0.25) is 0 Å². The predicted molar refractivity (Wildman–Crippen MR) is 79.2 cm³/mol. The van der Waals surface area contributed by atoms with Crippen molar-refractivity contribution in [1.82, 2.24) is 9.78 Å². The maximum absolute atomic E-state index is 12.4. The van der Waals surface area contributed by atoms with Crippen LogP contribution in [0.1, 0.15) is 24.5 Å². The summed E-state index contributed by atoms with van der Waals surface area (Å²) in [4.78, 5) is 0.294. The number of benzene rings is 1. The first-order chi connectivity index (χ1) is 9.42. The summed E-state index contributed by atoms with van der Waals surface area (Å²) in [5.74, 6) is 0.347. The van der Waals surface area contributed by atoms with Crippen molar-refractivity contribution in [1.29, 1.82) is 0 Å². The van der Waals surface area contributed by atoms with Crippen molar-refractivity contribution in [2.24, 2.45) is 0 Å². The fourth-order valence-corrected chi connectivity index (χ4v) is 3.29. The van der Waals surface area contributed by atoms with Crippen LogP contribution in [0.5, 0.6) is 0 Å². The van der Waals surface area contributed by atoms with Crippen LogP contribution in [0.3, 0.4) is 0 Å². The van der Waals surface area contributed by atoms with Crippen LogP contribution in [-0.4, -0.2) is 18.2 Å². The number of rotatable bonds is 5. The molecule has 1 heterocycles. The summed E-state index contributed by atoms with van der Waals surface area (Å²) in [7, 11) is -3.59. The smallest absolute Gasteiger partial charge is 0.263 e. The summed E-state index contributed by atoms with van der Waals surface area (Å²) >= 11 is 0. The van der Waals surface area contributed by atoms with Crippen molar-refractivity contribution < 1.29 is 8.42 Å². The molecule has 0 amide bonds. The number of hydrogen-bond acceptors (Lipinski definition) is 3. The molecule has 0 aliphatic carbocycles. The fraction of sp³-hybridized carbons (Fsp3) is 0.357. The van der Waals surface area contributed by atoms with E-state index in [1.165, 1.54) is 0 Å². The Balaban J connectivity index is 2.28. The molecule has 20 heavy (non-hydrogen) atoms. The van der Waals surface area contributed by atoms with Gasteiger partial charge in [-0.15, -0.1) is 0 Å². The van der Waals surface area contributed by atoms with Crippen LogP contribution in [0.25, 0.3) is 0 Å². The maximum Gasteiger partial charge on any atom is 0.263 e. The number of aryl methyl sites for hydroxylation is 3. The Morgan fingerprint density at radius 1 is 1.25 bits per heavy atom. The molecule has 0 saturated heterocycles. The molecule has 1 aromatic carbocycles. The molecule has 108 valence electrons. The molecular weight excluding hydrogens is 274 g/mol. The molecule has 1 N–H and O–H groups in total. The zero-order valence-electron chi connectivity index (χ0n) is 11.9. The van der Waals surface area contributed by atoms with E-state index in [1.807, 2.05) is 19.9 Å².